The van der Waals surface area contributed by atoms with Crippen LogP contribution in [0, 0.1) is 6.92 Å². The summed E-state index contributed by atoms with van der Waals surface area (Å²) in [4.78, 5) is 11.5. The molecule has 2 aromatic rings. The summed E-state index contributed by atoms with van der Waals surface area (Å²) in [6.45, 7) is 6.27. The minimum atomic E-state index is -0.442. The second kappa shape index (κ2) is 8.75. The number of carbonyl (C=O) groups excluding carboxylic acids is 1. The highest BCUT2D eigenvalue weighted by molar-refractivity contribution is 5.84. The molecular formula is C17H21NO2. The van der Waals surface area contributed by atoms with Gasteiger partial charge in [0.15, 0.2) is 0 Å². The molecule has 3 nitrogen and oxygen atoms in total. The lowest BCUT2D eigenvalue weighted by Gasteiger charge is -2.07. The molecule has 0 saturated heterocycles. The summed E-state index contributed by atoms with van der Waals surface area (Å²) in [7, 11) is 0. The standard InChI is InChI=1S/C15H15NO2.C2H6/c1-12-7-9-14(10-8-12)16-15(17)18-11-13-5-3-2-4-6-13;1-2/h2-10H,11H2,1H3,(H,16,17);1-2H3. The minimum absolute atomic E-state index is 0.276. The lowest BCUT2D eigenvalue weighted by atomic mass is 10.2. The maximum absolute atomic E-state index is 11.5. The van der Waals surface area contributed by atoms with Crippen LogP contribution in [-0.2, 0) is 11.3 Å². The largest absolute Gasteiger partial charge is 0.444 e. The molecule has 20 heavy (non-hydrogen) atoms. The first kappa shape index (κ1) is 15.8. The summed E-state index contributed by atoms with van der Waals surface area (Å²) in [5, 5.41) is 2.68. The molecule has 3 heteroatoms. The van der Waals surface area contributed by atoms with Crippen LogP contribution in [-0.4, -0.2) is 6.09 Å². The maximum Gasteiger partial charge on any atom is 0.411 e. The molecule has 106 valence electrons. The first-order valence-electron chi connectivity index (χ1n) is 6.78. The Morgan fingerprint density at radius 3 is 2.20 bits per heavy atom. The number of benzene rings is 2. The van der Waals surface area contributed by atoms with Gasteiger partial charge in [-0.2, -0.15) is 0 Å². The summed E-state index contributed by atoms with van der Waals surface area (Å²) < 4.78 is 5.11. The van der Waals surface area contributed by atoms with Crippen LogP contribution in [0.25, 0.3) is 0 Å². The fourth-order valence-electron chi connectivity index (χ4n) is 1.51. The molecule has 1 N–H and O–H groups in total. The molecule has 0 atom stereocenters. The fourth-order valence-corrected chi connectivity index (χ4v) is 1.51. The third kappa shape index (κ3) is 5.57. The minimum Gasteiger partial charge on any atom is -0.444 e. The molecule has 1 amide bonds. The topological polar surface area (TPSA) is 38.3 Å². The Morgan fingerprint density at radius 2 is 1.60 bits per heavy atom. The van der Waals surface area contributed by atoms with Gasteiger partial charge in [-0.1, -0.05) is 61.9 Å². The number of amides is 1. The number of aryl methyl sites for hydroxylation is 1. The van der Waals surface area contributed by atoms with Gasteiger partial charge in [0.25, 0.3) is 0 Å². The number of anilines is 1. The molecule has 0 saturated carbocycles. The Balaban J connectivity index is 0.000000956. The number of hydrogen-bond acceptors (Lipinski definition) is 2. The van der Waals surface area contributed by atoms with Crippen molar-refractivity contribution in [2.45, 2.75) is 27.4 Å². The normalized spacial score (nSPS) is 9.15. The van der Waals surface area contributed by atoms with E-state index >= 15 is 0 Å². The van der Waals surface area contributed by atoms with Crippen molar-refractivity contribution in [3.63, 3.8) is 0 Å². The molecule has 0 spiro atoms. The van der Waals surface area contributed by atoms with Gasteiger partial charge in [0.2, 0.25) is 0 Å². The number of hydrogen-bond donors (Lipinski definition) is 1. The van der Waals surface area contributed by atoms with E-state index in [1.54, 1.807) is 0 Å². The van der Waals surface area contributed by atoms with Gasteiger partial charge in [-0.05, 0) is 24.6 Å². The van der Waals surface area contributed by atoms with Crippen LogP contribution >= 0.6 is 0 Å². The van der Waals surface area contributed by atoms with Crippen molar-refractivity contribution >= 4 is 11.8 Å². The average Bonchev–Trinajstić information content (AvgIpc) is 2.51. The second-order valence-corrected chi connectivity index (χ2v) is 4.05. The number of ether oxygens (including phenoxy) is 1. The third-order valence-electron chi connectivity index (χ3n) is 2.51. The number of rotatable bonds is 3. The summed E-state index contributed by atoms with van der Waals surface area (Å²) in [5.74, 6) is 0. The summed E-state index contributed by atoms with van der Waals surface area (Å²) in [6, 6.07) is 17.2. The van der Waals surface area contributed by atoms with Gasteiger partial charge in [-0.3, -0.25) is 5.32 Å². The summed E-state index contributed by atoms with van der Waals surface area (Å²) in [6.07, 6.45) is -0.442. The molecular weight excluding hydrogens is 250 g/mol. The van der Waals surface area contributed by atoms with Crippen molar-refractivity contribution < 1.29 is 9.53 Å². The van der Waals surface area contributed by atoms with Gasteiger partial charge >= 0.3 is 6.09 Å². The Hall–Kier alpha value is -2.29. The molecule has 2 rings (SSSR count). The number of carbonyl (C=O) groups is 1. The van der Waals surface area contributed by atoms with E-state index in [1.807, 2.05) is 75.4 Å². The van der Waals surface area contributed by atoms with Gasteiger partial charge in [-0.25, -0.2) is 4.79 Å². The maximum atomic E-state index is 11.5. The molecule has 0 aromatic heterocycles. The second-order valence-electron chi connectivity index (χ2n) is 4.05. The highest BCUT2D eigenvalue weighted by Crippen LogP contribution is 2.09. The predicted molar refractivity (Wildman–Crippen MR) is 82.8 cm³/mol. The lowest BCUT2D eigenvalue weighted by molar-refractivity contribution is 0.155. The van der Waals surface area contributed by atoms with E-state index in [4.69, 9.17) is 4.74 Å². The Bertz CT molecular complexity index is 506. The fraction of sp³-hybridized carbons (Fsp3) is 0.235. The van der Waals surface area contributed by atoms with Gasteiger partial charge in [0.05, 0.1) is 0 Å². The van der Waals surface area contributed by atoms with Gasteiger partial charge in [-0.15, -0.1) is 0 Å². The average molecular weight is 271 g/mol. The molecule has 2 aromatic carbocycles. The van der Waals surface area contributed by atoms with E-state index < -0.39 is 6.09 Å². The van der Waals surface area contributed by atoms with Gasteiger partial charge in [0, 0.05) is 5.69 Å². The van der Waals surface area contributed by atoms with Gasteiger partial charge < -0.3 is 4.74 Å². The van der Waals surface area contributed by atoms with Crippen molar-refractivity contribution in [3.8, 4) is 0 Å². The molecule has 0 radical (unpaired) electrons. The zero-order chi connectivity index (χ0) is 14.8. The lowest BCUT2D eigenvalue weighted by Crippen LogP contribution is -2.13. The quantitative estimate of drug-likeness (QED) is 0.873. The SMILES string of the molecule is CC.Cc1ccc(NC(=O)OCc2ccccc2)cc1. The zero-order valence-electron chi connectivity index (χ0n) is 12.2. The highest BCUT2D eigenvalue weighted by atomic mass is 16.5. The molecule has 0 unspecified atom stereocenters. The Morgan fingerprint density at radius 1 is 1.00 bits per heavy atom. The van der Waals surface area contributed by atoms with E-state index in [2.05, 4.69) is 5.32 Å². The van der Waals surface area contributed by atoms with E-state index in [0.717, 1.165) is 16.8 Å². The molecule has 0 fully saturated rings. The first-order chi connectivity index (χ1) is 9.74. The van der Waals surface area contributed by atoms with Crippen LogP contribution in [0.5, 0.6) is 0 Å². The van der Waals surface area contributed by atoms with Crippen molar-refractivity contribution in [2.75, 3.05) is 5.32 Å². The van der Waals surface area contributed by atoms with E-state index in [9.17, 15) is 4.79 Å². The van der Waals surface area contributed by atoms with Crippen LogP contribution in [0.2, 0.25) is 0 Å². The smallest absolute Gasteiger partial charge is 0.411 e. The van der Waals surface area contributed by atoms with E-state index in [0.29, 0.717) is 0 Å². The monoisotopic (exact) mass is 271 g/mol. The van der Waals surface area contributed by atoms with Crippen molar-refractivity contribution in [3.05, 3.63) is 65.7 Å². The van der Waals surface area contributed by atoms with Crippen LogP contribution in [0.3, 0.4) is 0 Å². The molecule has 0 aliphatic heterocycles. The summed E-state index contributed by atoms with van der Waals surface area (Å²) in [5.41, 5.74) is 2.86. The van der Waals surface area contributed by atoms with E-state index in [-0.39, 0.29) is 6.61 Å². The highest BCUT2D eigenvalue weighted by Gasteiger charge is 2.02. The summed E-state index contributed by atoms with van der Waals surface area (Å²) >= 11 is 0. The van der Waals surface area contributed by atoms with E-state index in [1.165, 1.54) is 0 Å². The predicted octanol–water partition coefficient (Wildman–Crippen LogP) is 4.77. The van der Waals surface area contributed by atoms with Crippen molar-refractivity contribution in [1.82, 2.24) is 0 Å². The molecule has 0 aliphatic carbocycles. The van der Waals surface area contributed by atoms with Crippen LogP contribution in [0.4, 0.5) is 10.5 Å². The molecule has 0 aliphatic rings. The van der Waals surface area contributed by atoms with Crippen LogP contribution < -0.4 is 5.32 Å². The van der Waals surface area contributed by atoms with Crippen molar-refractivity contribution in [1.29, 1.82) is 0 Å². The third-order valence-corrected chi connectivity index (χ3v) is 2.51. The van der Waals surface area contributed by atoms with Crippen LogP contribution in [0.15, 0.2) is 54.6 Å². The Labute approximate surface area is 120 Å². The van der Waals surface area contributed by atoms with Crippen LogP contribution in [0.1, 0.15) is 25.0 Å². The van der Waals surface area contributed by atoms with Gasteiger partial charge in [0.1, 0.15) is 6.61 Å². The molecule has 0 heterocycles. The van der Waals surface area contributed by atoms with Crippen molar-refractivity contribution in [2.24, 2.45) is 0 Å². The Kier molecular flexibility index (Phi) is 6.90. The zero-order valence-corrected chi connectivity index (χ0v) is 12.2. The molecule has 0 bridgehead atoms. The number of nitrogens with one attached hydrogen (secondary N) is 1. The first-order valence-corrected chi connectivity index (χ1v) is 6.78.